The van der Waals surface area contributed by atoms with E-state index >= 15 is 0 Å². The zero-order valence-corrected chi connectivity index (χ0v) is 19.2. The maximum atomic E-state index is 5.33. The van der Waals surface area contributed by atoms with Gasteiger partial charge in [-0.15, -0.1) is 0 Å². The Morgan fingerprint density at radius 3 is 1.00 bits per heavy atom. The van der Waals surface area contributed by atoms with E-state index in [1.54, 1.807) is 28.4 Å². The number of benzene rings is 3. The third-order valence-corrected chi connectivity index (χ3v) is 5.16. The third kappa shape index (κ3) is 6.90. The summed E-state index contributed by atoms with van der Waals surface area (Å²) in [6.45, 7) is 3.05. The second-order valence-electron chi connectivity index (χ2n) is 7.47. The molecule has 0 saturated carbocycles. The molecule has 0 fully saturated rings. The summed E-state index contributed by atoms with van der Waals surface area (Å²) >= 11 is 0. The Bertz CT molecular complexity index is 865. The van der Waals surface area contributed by atoms with Gasteiger partial charge in [-0.2, -0.15) is 0 Å². The summed E-state index contributed by atoms with van der Waals surface area (Å²) in [6.07, 6.45) is 0. The second kappa shape index (κ2) is 12.0. The van der Waals surface area contributed by atoms with Crippen LogP contribution in [0.3, 0.4) is 0 Å². The summed E-state index contributed by atoms with van der Waals surface area (Å²) in [7, 11) is 6.65. The fourth-order valence-corrected chi connectivity index (χ4v) is 3.41. The highest BCUT2D eigenvalue weighted by atomic mass is 16.5. The van der Waals surface area contributed by atoms with Gasteiger partial charge in [0.2, 0.25) is 0 Å². The van der Waals surface area contributed by atoms with Gasteiger partial charge in [0.25, 0.3) is 0 Å². The molecule has 0 aliphatic carbocycles. The minimum absolute atomic E-state index is 0.737. The SMILES string of the molecule is COc1cc(CNCc2ccc(CNCc3cc(OC)cc(OC)c3)cc2)cc(OC)c1. The van der Waals surface area contributed by atoms with Gasteiger partial charge in [0.15, 0.2) is 0 Å². The number of hydrogen-bond acceptors (Lipinski definition) is 6. The van der Waals surface area contributed by atoms with Crippen LogP contribution in [-0.4, -0.2) is 28.4 Å². The van der Waals surface area contributed by atoms with Crippen molar-refractivity contribution in [2.75, 3.05) is 28.4 Å². The Hall–Kier alpha value is -3.22. The first kappa shape index (κ1) is 23.4. The lowest BCUT2D eigenvalue weighted by Crippen LogP contribution is -2.14. The number of rotatable bonds is 12. The van der Waals surface area contributed by atoms with Crippen molar-refractivity contribution in [3.63, 3.8) is 0 Å². The summed E-state index contributed by atoms with van der Waals surface area (Å²) < 4.78 is 21.3. The van der Waals surface area contributed by atoms with Crippen LogP contribution in [0.1, 0.15) is 22.3 Å². The van der Waals surface area contributed by atoms with Gasteiger partial charge >= 0.3 is 0 Å². The van der Waals surface area contributed by atoms with Crippen molar-refractivity contribution in [1.82, 2.24) is 10.6 Å². The molecule has 0 amide bonds. The summed E-state index contributed by atoms with van der Waals surface area (Å²) in [5, 5.41) is 6.95. The van der Waals surface area contributed by atoms with Crippen molar-refractivity contribution in [2.45, 2.75) is 26.2 Å². The zero-order valence-electron chi connectivity index (χ0n) is 19.2. The number of methoxy groups -OCH3 is 4. The van der Waals surface area contributed by atoms with E-state index in [0.29, 0.717) is 0 Å². The van der Waals surface area contributed by atoms with Gasteiger partial charge in [-0.25, -0.2) is 0 Å². The van der Waals surface area contributed by atoms with Gasteiger partial charge < -0.3 is 29.6 Å². The largest absolute Gasteiger partial charge is 0.497 e. The van der Waals surface area contributed by atoms with Crippen LogP contribution < -0.4 is 29.6 Å². The molecule has 0 aliphatic heterocycles. The van der Waals surface area contributed by atoms with Crippen LogP contribution >= 0.6 is 0 Å². The fraction of sp³-hybridized carbons (Fsp3) is 0.308. The standard InChI is InChI=1S/C26H32N2O4/c1-29-23-9-21(10-24(13-23)30-2)17-27-15-19-5-7-20(8-6-19)16-28-18-22-11-25(31-3)14-26(12-22)32-4/h5-14,27-28H,15-18H2,1-4H3. The average Bonchev–Trinajstić information content (AvgIpc) is 2.84. The van der Waals surface area contributed by atoms with Crippen LogP contribution in [0.2, 0.25) is 0 Å². The van der Waals surface area contributed by atoms with E-state index in [2.05, 4.69) is 34.9 Å². The fourth-order valence-electron chi connectivity index (χ4n) is 3.41. The van der Waals surface area contributed by atoms with Crippen LogP contribution in [0.4, 0.5) is 0 Å². The highest BCUT2D eigenvalue weighted by Crippen LogP contribution is 2.23. The van der Waals surface area contributed by atoms with E-state index in [1.807, 2.05) is 36.4 Å². The molecule has 3 aromatic carbocycles. The molecule has 0 saturated heterocycles. The molecule has 3 rings (SSSR count). The number of ether oxygens (including phenoxy) is 4. The topological polar surface area (TPSA) is 61.0 Å². The maximum Gasteiger partial charge on any atom is 0.122 e. The first-order valence-corrected chi connectivity index (χ1v) is 10.6. The second-order valence-corrected chi connectivity index (χ2v) is 7.47. The Balaban J connectivity index is 1.46. The minimum Gasteiger partial charge on any atom is -0.497 e. The van der Waals surface area contributed by atoms with Crippen LogP contribution in [0, 0.1) is 0 Å². The minimum atomic E-state index is 0.737. The first-order chi connectivity index (χ1) is 15.6. The molecule has 170 valence electrons. The van der Waals surface area contributed by atoms with Crippen molar-refractivity contribution in [3.05, 3.63) is 82.9 Å². The van der Waals surface area contributed by atoms with Crippen molar-refractivity contribution in [2.24, 2.45) is 0 Å². The van der Waals surface area contributed by atoms with Gasteiger partial charge in [0.1, 0.15) is 23.0 Å². The highest BCUT2D eigenvalue weighted by Gasteiger charge is 2.04. The smallest absolute Gasteiger partial charge is 0.122 e. The van der Waals surface area contributed by atoms with E-state index in [1.165, 1.54) is 11.1 Å². The van der Waals surface area contributed by atoms with E-state index in [-0.39, 0.29) is 0 Å². The summed E-state index contributed by atoms with van der Waals surface area (Å²) in [5.41, 5.74) is 4.72. The summed E-state index contributed by atoms with van der Waals surface area (Å²) in [6, 6.07) is 20.4. The van der Waals surface area contributed by atoms with Crippen LogP contribution in [0.5, 0.6) is 23.0 Å². The molecule has 0 atom stereocenters. The Morgan fingerprint density at radius 2 is 0.719 bits per heavy atom. The molecule has 2 N–H and O–H groups in total. The molecular formula is C26H32N2O4. The Kier molecular flexibility index (Phi) is 8.78. The van der Waals surface area contributed by atoms with E-state index < -0.39 is 0 Å². The van der Waals surface area contributed by atoms with Gasteiger partial charge in [0, 0.05) is 38.3 Å². The molecule has 0 aromatic heterocycles. The van der Waals surface area contributed by atoms with Crippen molar-refractivity contribution >= 4 is 0 Å². The van der Waals surface area contributed by atoms with E-state index in [0.717, 1.165) is 60.3 Å². The molecule has 0 spiro atoms. The van der Waals surface area contributed by atoms with E-state index in [4.69, 9.17) is 18.9 Å². The molecule has 0 aliphatic rings. The van der Waals surface area contributed by atoms with Crippen LogP contribution in [0.15, 0.2) is 60.7 Å². The first-order valence-electron chi connectivity index (χ1n) is 10.6. The van der Waals surface area contributed by atoms with Gasteiger partial charge in [0.05, 0.1) is 28.4 Å². The van der Waals surface area contributed by atoms with Gasteiger partial charge in [-0.05, 0) is 46.5 Å². The lowest BCUT2D eigenvalue weighted by molar-refractivity contribution is 0.393. The van der Waals surface area contributed by atoms with Crippen molar-refractivity contribution in [1.29, 1.82) is 0 Å². The Labute approximate surface area is 190 Å². The normalized spacial score (nSPS) is 10.6. The lowest BCUT2D eigenvalue weighted by Gasteiger charge is -2.11. The summed E-state index contributed by atoms with van der Waals surface area (Å²) in [5.74, 6) is 3.19. The van der Waals surface area contributed by atoms with Crippen LogP contribution in [0.25, 0.3) is 0 Å². The quantitative estimate of drug-likeness (QED) is 0.441. The van der Waals surface area contributed by atoms with Crippen LogP contribution in [-0.2, 0) is 26.2 Å². The van der Waals surface area contributed by atoms with Gasteiger partial charge in [-0.1, -0.05) is 24.3 Å². The average molecular weight is 437 g/mol. The highest BCUT2D eigenvalue weighted by molar-refractivity contribution is 5.39. The number of hydrogen-bond donors (Lipinski definition) is 2. The molecule has 6 heteroatoms. The predicted molar refractivity (Wildman–Crippen MR) is 127 cm³/mol. The third-order valence-electron chi connectivity index (χ3n) is 5.16. The maximum absolute atomic E-state index is 5.33. The molecule has 6 nitrogen and oxygen atoms in total. The summed E-state index contributed by atoms with van der Waals surface area (Å²) in [4.78, 5) is 0. The Morgan fingerprint density at radius 1 is 0.438 bits per heavy atom. The zero-order chi connectivity index (χ0) is 22.8. The predicted octanol–water partition coefficient (Wildman–Crippen LogP) is 4.30. The molecule has 0 unspecified atom stereocenters. The van der Waals surface area contributed by atoms with Crippen molar-refractivity contribution in [3.8, 4) is 23.0 Å². The molecule has 0 radical (unpaired) electrons. The molecule has 0 bridgehead atoms. The van der Waals surface area contributed by atoms with Crippen molar-refractivity contribution < 1.29 is 18.9 Å². The van der Waals surface area contributed by atoms with Gasteiger partial charge in [-0.3, -0.25) is 0 Å². The monoisotopic (exact) mass is 436 g/mol. The molecule has 32 heavy (non-hydrogen) atoms. The molecule has 0 heterocycles. The van der Waals surface area contributed by atoms with E-state index in [9.17, 15) is 0 Å². The lowest BCUT2D eigenvalue weighted by atomic mass is 10.1. The molecular weight excluding hydrogens is 404 g/mol. The molecule has 3 aromatic rings. The number of nitrogens with one attached hydrogen (secondary N) is 2.